The molecule has 1 aliphatic heterocycles. The Morgan fingerprint density at radius 3 is 2.58 bits per heavy atom. The number of sulfonamides is 1. The summed E-state index contributed by atoms with van der Waals surface area (Å²) in [5, 5.41) is 0. The van der Waals surface area contributed by atoms with Crippen LogP contribution in [0.15, 0.2) is 23.1 Å². The number of ether oxygens (including phenoxy) is 1. The largest absolute Gasteiger partial charge is 0.467 e. The lowest BCUT2D eigenvalue weighted by atomic mass is 10.0. The molecule has 0 aliphatic carbocycles. The van der Waals surface area contributed by atoms with Crippen molar-refractivity contribution in [3.05, 3.63) is 29.3 Å². The van der Waals surface area contributed by atoms with E-state index in [1.165, 1.54) is 19.2 Å². The number of rotatable bonds is 1. The Bertz CT molecular complexity index is 665. The fourth-order valence-electron chi connectivity index (χ4n) is 2.02. The van der Waals surface area contributed by atoms with Crippen molar-refractivity contribution in [3.8, 4) is 0 Å². The van der Waals surface area contributed by atoms with Crippen LogP contribution in [0.5, 0.6) is 0 Å². The summed E-state index contributed by atoms with van der Waals surface area (Å²) in [4.78, 5) is 23.8. The van der Waals surface area contributed by atoms with Crippen molar-refractivity contribution in [2.75, 3.05) is 14.2 Å². The van der Waals surface area contributed by atoms with Gasteiger partial charge < -0.3 is 4.74 Å². The smallest absolute Gasteiger partial charge is 0.332 e. The number of Topliss-reactive ketones (excluding diaryl/α,β-unsaturated/α-hetero) is 1. The van der Waals surface area contributed by atoms with Gasteiger partial charge in [-0.25, -0.2) is 13.2 Å². The molecule has 1 aliphatic rings. The summed E-state index contributed by atoms with van der Waals surface area (Å²) in [6.07, 6.45) is 0. The molecule has 102 valence electrons. The number of hydrogen-bond acceptors (Lipinski definition) is 5. The van der Waals surface area contributed by atoms with E-state index in [9.17, 15) is 18.0 Å². The molecular weight excluding hydrogens is 270 g/mol. The number of carbonyl (C=O) groups excluding carboxylic acids is 2. The Morgan fingerprint density at radius 1 is 1.37 bits per heavy atom. The first-order valence-corrected chi connectivity index (χ1v) is 6.95. The number of ketones is 1. The Morgan fingerprint density at radius 2 is 2.00 bits per heavy atom. The Hall–Kier alpha value is -1.73. The summed E-state index contributed by atoms with van der Waals surface area (Å²) < 4.78 is 29.8. The molecule has 0 N–H and O–H groups in total. The molecule has 7 heteroatoms. The molecule has 1 atom stereocenters. The van der Waals surface area contributed by atoms with Gasteiger partial charge in [0.15, 0.2) is 11.8 Å². The van der Waals surface area contributed by atoms with Crippen molar-refractivity contribution in [2.45, 2.75) is 17.9 Å². The van der Waals surface area contributed by atoms with Crippen LogP contribution >= 0.6 is 0 Å². The van der Waals surface area contributed by atoms with Crippen molar-refractivity contribution < 1.29 is 22.7 Å². The number of carbonyl (C=O) groups is 2. The number of aryl methyl sites for hydroxylation is 1. The predicted octanol–water partition coefficient (Wildman–Crippen LogP) is 0.353. The van der Waals surface area contributed by atoms with E-state index in [1.54, 1.807) is 13.0 Å². The number of likely N-dealkylation sites (N-methyl/N-ethyl adjacent to an activating group) is 1. The highest BCUT2D eigenvalue weighted by Crippen LogP contribution is 2.30. The first-order chi connectivity index (χ1) is 8.80. The van der Waals surface area contributed by atoms with Gasteiger partial charge in [0.05, 0.1) is 12.0 Å². The molecule has 1 aromatic carbocycles. The van der Waals surface area contributed by atoms with Gasteiger partial charge in [0, 0.05) is 12.6 Å². The molecule has 6 nitrogen and oxygen atoms in total. The number of nitrogens with zero attached hydrogens (tertiary/aromatic N) is 1. The topological polar surface area (TPSA) is 80.8 Å². The lowest BCUT2D eigenvalue weighted by molar-refractivity contribution is -0.143. The molecule has 0 radical (unpaired) electrons. The van der Waals surface area contributed by atoms with E-state index in [1.807, 2.05) is 0 Å². The van der Waals surface area contributed by atoms with Crippen LogP contribution in [0, 0.1) is 6.92 Å². The van der Waals surface area contributed by atoms with Crippen molar-refractivity contribution in [2.24, 2.45) is 0 Å². The summed E-state index contributed by atoms with van der Waals surface area (Å²) in [6.45, 7) is 1.73. The normalized spacial score (nSPS) is 21.8. The highest BCUT2D eigenvalue weighted by molar-refractivity contribution is 7.89. The zero-order chi connectivity index (χ0) is 14.4. The zero-order valence-electron chi connectivity index (χ0n) is 10.7. The monoisotopic (exact) mass is 283 g/mol. The fourth-order valence-corrected chi connectivity index (χ4v) is 3.57. The average Bonchev–Trinajstić information content (AvgIpc) is 2.36. The van der Waals surface area contributed by atoms with E-state index < -0.39 is 27.8 Å². The van der Waals surface area contributed by atoms with Crippen LogP contribution in [0.25, 0.3) is 0 Å². The molecule has 0 fully saturated rings. The van der Waals surface area contributed by atoms with Gasteiger partial charge in [0.2, 0.25) is 10.0 Å². The molecule has 1 heterocycles. The number of benzene rings is 1. The van der Waals surface area contributed by atoms with Gasteiger partial charge in [-0.05, 0) is 24.6 Å². The van der Waals surface area contributed by atoms with Crippen molar-refractivity contribution in [1.29, 1.82) is 0 Å². The summed E-state index contributed by atoms with van der Waals surface area (Å²) in [7, 11) is -1.56. The maximum Gasteiger partial charge on any atom is 0.332 e. The van der Waals surface area contributed by atoms with Crippen LogP contribution in [0.3, 0.4) is 0 Å². The molecule has 0 aromatic heterocycles. The van der Waals surface area contributed by atoms with Gasteiger partial charge in [-0.3, -0.25) is 4.79 Å². The maximum atomic E-state index is 12.3. The predicted molar refractivity (Wildman–Crippen MR) is 66.3 cm³/mol. The maximum absolute atomic E-state index is 12.3. The van der Waals surface area contributed by atoms with E-state index in [4.69, 9.17) is 0 Å². The SMILES string of the molecule is COC(=O)C1C(=O)c2ccc(C)cc2S(=O)(=O)N1C. The van der Waals surface area contributed by atoms with Crippen molar-refractivity contribution >= 4 is 21.8 Å². The van der Waals surface area contributed by atoms with Gasteiger partial charge in [-0.15, -0.1) is 0 Å². The highest BCUT2D eigenvalue weighted by Gasteiger charge is 2.46. The molecule has 19 heavy (non-hydrogen) atoms. The van der Waals surface area contributed by atoms with E-state index in [0.717, 1.165) is 17.0 Å². The molecular formula is C12H13NO5S. The fraction of sp³-hybridized carbons (Fsp3) is 0.333. The van der Waals surface area contributed by atoms with Gasteiger partial charge >= 0.3 is 5.97 Å². The van der Waals surface area contributed by atoms with E-state index in [0.29, 0.717) is 0 Å². The summed E-state index contributed by atoms with van der Waals surface area (Å²) in [5.41, 5.74) is 0.749. The second kappa shape index (κ2) is 4.43. The minimum absolute atomic E-state index is 0.0269. The summed E-state index contributed by atoms with van der Waals surface area (Å²) in [6, 6.07) is 3.02. The van der Waals surface area contributed by atoms with Crippen molar-refractivity contribution in [1.82, 2.24) is 4.31 Å². The molecule has 0 saturated heterocycles. The minimum Gasteiger partial charge on any atom is -0.467 e. The number of methoxy groups -OCH3 is 1. The third-order valence-corrected chi connectivity index (χ3v) is 4.96. The number of hydrogen-bond donors (Lipinski definition) is 0. The van der Waals surface area contributed by atoms with Gasteiger partial charge in [-0.2, -0.15) is 4.31 Å². The standard InChI is InChI=1S/C12H13NO5S/c1-7-4-5-8-9(6-7)19(16,17)13(2)10(11(8)14)12(15)18-3/h4-6,10H,1-3H3. The van der Waals surface area contributed by atoms with Crippen LogP contribution in [0.4, 0.5) is 0 Å². The molecule has 1 unspecified atom stereocenters. The number of esters is 1. The molecule has 0 bridgehead atoms. The van der Waals surface area contributed by atoms with E-state index in [2.05, 4.69) is 4.74 Å². The average molecular weight is 283 g/mol. The Kier molecular flexibility index (Phi) is 3.19. The lowest BCUT2D eigenvalue weighted by Gasteiger charge is -2.30. The zero-order valence-corrected chi connectivity index (χ0v) is 11.5. The van der Waals surface area contributed by atoms with Crippen LogP contribution in [0.2, 0.25) is 0 Å². The number of fused-ring (bicyclic) bond motifs is 1. The third kappa shape index (κ3) is 1.95. The van der Waals surface area contributed by atoms with Crippen molar-refractivity contribution in [3.63, 3.8) is 0 Å². The summed E-state index contributed by atoms with van der Waals surface area (Å²) >= 11 is 0. The van der Waals surface area contributed by atoms with Crippen LogP contribution < -0.4 is 0 Å². The van der Waals surface area contributed by atoms with Crippen LogP contribution in [-0.4, -0.2) is 44.7 Å². The molecule has 2 rings (SSSR count). The van der Waals surface area contributed by atoms with E-state index >= 15 is 0 Å². The lowest BCUT2D eigenvalue weighted by Crippen LogP contribution is -2.51. The van der Waals surface area contributed by atoms with Crippen LogP contribution in [0.1, 0.15) is 15.9 Å². The van der Waals surface area contributed by atoms with Gasteiger partial charge in [0.1, 0.15) is 0 Å². The third-order valence-electron chi connectivity index (χ3n) is 3.10. The molecule has 0 spiro atoms. The van der Waals surface area contributed by atoms with Gasteiger partial charge in [0.25, 0.3) is 0 Å². The minimum atomic E-state index is -3.87. The van der Waals surface area contributed by atoms with Gasteiger partial charge in [-0.1, -0.05) is 6.07 Å². The second-order valence-corrected chi connectivity index (χ2v) is 6.28. The molecule has 0 saturated carbocycles. The quantitative estimate of drug-likeness (QED) is 0.549. The van der Waals surface area contributed by atoms with E-state index in [-0.39, 0.29) is 10.5 Å². The summed E-state index contributed by atoms with van der Waals surface area (Å²) in [5.74, 6) is -1.46. The Labute approximate surface area is 111 Å². The molecule has 0 amide bonds. The second-order valence-electron chi connectivity index (χ2n) is 4.31. The first kappa shape index (κ1) is 13.7. The Balaban J connectivity index is 2.71. The van der Waals surface area contributed by atoms with Crippen LogP contribution in [-0.2, 0) is 19.6 Å². The molecule has 1 aromatic rings. The first-order valence-electron chi connectivity index (χ1n) is 5.51. The highest BCUT2D eigenvalue weighted by atomic mass is 32.2.